The van der Waals surface area contributed by atoms with E-state index in [2.05, 4.69) is 20.3 Å². The van der Waals surface area contributed by atoms with Gasteiger partial charge in [0.15, 0.2) is 5.82 Å². The lowest BCUT2D eigenvalue weighted by molar-refractivity contribution is -0.123. The maximum Gasteiger partial charge on any atom is 0.405 e. The van der Waals surface area contributed by atoms with Gasteiger partial charge in [-0.3, -0.25) is 4.79 Å². The molecule has 0 aliphatic heterocycles. The van der Waals surface area contributed by atoms with E-state index >= 15 is 0 Å². The van der Waals surface area contributed by atoms with E-state index in [1.807, 2.05) is 5.32 Å². The van der Waals surface area contributed by atoms with E-state index in [0.29, 0.717) is 22.4 Å². The first-order chi connectivity index (χ1) is 10.8. The van der Waals surface area contributed by atoms with Gasteiger partial charge in [-0.2, -0.15) is 13.2 Å². The number of aromatic amines is 1. The number of rotatable bonds is 3. The number of anilines is 1. The van der Waals surface area contributed by atoms with Crippen molar-refractivity contribution in [3.05, 3.63) is 18.1 Å². The van der Waals surface area contributed by atoms with Crippen molar-refractivity contribution in [1.82, 2.24) is 24.8 Å². The molecule has 122 valence electrons. The number of pyridine rings is 1. The number of aryl methyl sites for hydroxylation is 1. The van der Waals surface area contributed by atoms with Crippen LogP contribution in [-0.4, -0.2) is 45.2 Å². The number of H-pyrrole nitrogens is 1. The minimum atomic E-state index is -4.46. The normalized spacial score (nSPS) is 12.0. The molecule has 0 unspecified atom stereocenters. The second-order valence-corrected chi connectivity index (χ2v) is 5.01. The zero-order valence-electron chi connectivity index (χ0n) is 12.2. The molecule has 7 nitrogen and oxygen atoms in total. The van der Waals surface area contributed by atoms with Crippen molar-refractivity contribution in [2.24, 2.45) is 7.05 Å². The summed E-state index contributed by atoms with van der Waals surface area (Å²) in [5.41, 5.74) is 1.74. The van der Waals surface area contributed by atoms with E-state index in [0.717, 1.165) is 5.52 Å². The summed E-state index contributed by atoms with van der Waals surface area (Å²) in [6.45, 7) is -1.39. The van der Waals surface area contributed by atoms with Crippen LogP contribution in [-0.2, 0) is 7.05 Å². The highest BCUT2D eigenvalue weighted by Gasteiger charge is 2.28. The molecule has 3 rings (SSSR count). The molecule has 0 spiro atoms. The lowest BCUT2D eigenvalue weighted by Gasteiger charge is -2.06. The van der Waals surface area contributed by atoms with Crippen molar-refractivity contribution in [2.75, 3.05) is 18.9 Å². The third-order valence-electron chi connectivity index (χ3n) is 3.37. The summed E-state index contributed by atoms with van der Waals surface area (Å²) in [4.78, 5) is 23.1. The molecule has 3 aromatic rings. The second kappa shape index (κ2) is 5.14. The summed E-state index contributed by atoms with van der Waals surface area (Å²) in [7, 11) is 3.47. The average Bonchev–Trinajstić information content (AvgIpc) is 3.06. The van der Waals surface area contributed by atoms with Crippen molar-refractivity contribution in [3.8, 4) is 0 Å². The maximum absolute atomic E-state index is 12.2. The molecule has 0 fully saturated rings. The number of halogens is 3. The highest BCUT2D eigenvalue weighted by molar-refractivity contribution is 6.09. The number of aromatic nitrogens is 4. The highest BCUT2D eigenvalue weighted by Crippen LogP contribution is 2.28. The van der Waals surface area contributed by atoms with Crippen molar-refractivity contribution in [3.63, 3.8) is 0 Å². The van der Waals surface area contributed by atoms with Gasteiger partial charge in [-0.05, 0) is 6.07 Å². The summed E-state index contributed by atoms with van der Waals surface area (Å²) < 4.78 is 38.3. The van der Waals surface area contributed by atoms with Crippen molar-refractivity contribution in [2.45, 2.75) is 6.18 Å². The molecular formula is C13H13F3N6O. The number of hydrogen-bond donors (Lipinski definition) is 3. The van der Waals surface area contributed by atoms with Gasteiger partial charge in [0.05, 0.1) is 11.8 Å². The number of amides is 1. The van der Waals surface area contributed by atoms with Gasteiger partial charge in [0, 0.05) is 19.5 Å². The van der Waals surface area contributed by atoms with Crippen LogP contribution in [0.1, 0.15) is 10.5 Å². The Labute approximate surface area is 127 Å². The Balaban J connectivity index is 2.06. The van der Waals surface area contributed by atoms with Gasteiger partial charge < -0.3 is 20.2 Å². The van der Waals surface area contributed by atoms with Gasteiger partial charge in [-0.25, -0.2) is 9.97 Å². The zero-order chi connectivity index (χ0) is 16.8. The molecule has 1 amide bonds. The second-order valence-electron chi connectivity index (χ2n) is 5.01. The molecule has 10 heteroatoms. The molecule has 0 saturated carbocycles. The Kier molecular flexibility index (Phi) is 3.38. The minimum Gasteiger partial charge on any atom is -0.371 e. The summed E-state index contributed by atoms with van der Waals surface area (Å²) >= 11 is 0. The molecule has 0 aliphatic carbocycles. The standard InChI is InChI=1S/C13H13F3N6O/c1-17-11-8-9(22(2)5-19-8)6-3-7(20-10(6)21-11)12(23)18-4-13(14,15)16/h3,5H,4H2,1-2H3,(H,18,23)(H2,17,20,21). The maximum atomic E-state index is 12.2. The van der Waals surface area contributed by atoms with Gasteiger partial charge in [-0.1, -0.05) is 0 Å². The molecule has 0 saturated heterocycles. The highest BCUT2D eigenvalue weighted by atomic mass is 19.4. The number of hydrogen-bond acceptors (Lipinski definition) is 4. The van der Waals surface area contributed by atoms with Gasteiger partial charge in [0.2, 0.25) is 0 Å². The molecule has 0 atom stereocenters. The van der Waals surface area contributed by atoms with E-state index in [9.17, 15) is 18.0 Å². The van der Waals surface area contributed by atoms with E-state index in [1.54, 1.807) is 25.0 Å². The molecule has 0 aliphatic rings. The zero-order valence-corrected chi connectivity index (χ0v) is 12.2. The number of carbonyl (C=O) groups is 1. The Hall–Kier alpha value is -2.78. The number of carbonyl (C=O) groups excluding carboxylic acids is 1. The molecular weight excluding hydrogens is 313 g/mol. The predicted molar refractivity (Wildman–Crippen MR) is 78.3 cm³/mol. The Morgan fingerprint density at radius 1 is 1.43 bits per heavy atom. The first kappa shape index (κ1) is 15.1. The Morgan fingerprint density at radius 2 is 2.17 bits per heavy atom. The van der Waals surface area contributed by atoms with Gasteiger partial charge >= 0.3 is 6.18 Å². The van der Waals surface area contributed by atoms with Crippen LogP contribution in [0.3, 0.4) is 0 Å². The minimum absolute atomic E-state index is 0.00695. The first-order valence-corrected chi connectivity index (χ1v) is 6.66. The Morgan fingerprint density at radius 3 is 2.83 bits per heavy atom. The third kappa shape index (κ3) is 2.67. The molecule has 0 bridgehead atoms. The molecule has 3 N–H and O–H groups in total. The SMILES string of the molecule is CNc1nc2[nH]c(C(=O)NCC(F)(F)F)cc2c2c1ncn2C. The van der Waals surface area contributed by atoms with Crippen molar-refractivity contribution in [1.29, 1.82) is 0 Å². The number of alkyl halides is 3. The van der Waals surface area contributed by atoms with E-state index < -0.39 is 18.6 Å². The largest absolute Gasteiger partial charge is 0.405 e. The van der Waals surface area contributed by atoms with Crippen LogP contribution in [0.25, 0.3) is 22.1 Å². The molecule has 3 aromatic heterocycles. The number of nitrogens with zero attached hydrogens (tertiary/aromatic N) is 3. The van der Waals surface area contributed by atoms with Crippen LogP contribution in [0, 0.1) is 0 Å². The smallest absolute Gasteiger partial charge is 0.371 e. The molecule has 3 heterocycles. The van der Waals surface area contributed by atoms with Crippen LogP contribution in [0.2, 0.25) is 0 Å². The van der Waals surface area contributed by atoms with Gasteiger partial charge in [0.1, 0.15) is 23.4 Å². The van der Waals surface area contributed by atoms with Crippen molar-refractivity contribution < 1.29 is 18.0 Å². The number of nitrogens with one attached hydrogen (secondary N) is 3. The predicted octanol–water partition coefficient (Wildman–Crippen LogP) is 1.78. The first-order valence-electron chi connectivity index (χ1n) is 6.66. The van der Waals surface area contributed by atoms with Crippen molar-refractivity contribution >= 4 is 33.8 Å². The monoisotopic (exact) mass is 326 g/mol. The van der Waals surface area contributed by atoms with Crippen LogP contribution < -0.4 is 10.6 Å². The molecule has 0 radical (unpaired) electrons. The van der Waals surface area contributed by atoms with Crippen LogP contribution in [0.15, 0.2) is 12.4 Å². The summed E-state index contributed by atoms with van der Waals surface area (Å²) in [6, 6.07) is 1.47. The summed E-state index contributed by atoms with van der Waals surface area (Å²) in [5.74, 6) is -0.334. The van der Waals surface area contributed by atoms with Gasteiger partial charge in [-0.15, -0.1) is 0 Å². The van der Waals surface area contributed by atoms with Crippen LogP contribution in [0.5, 0.6) is 0 Å². The van der Waals surface area contributed by atoms with Crippen LogP contribution >= 0.6 is 0 Å². The summed E-state index contributed by atoms with van der Waals surface area (Å²) in [5, 5.41) is 5.33. The Bertz CT molecular complexity index is 895. The number of imidazole rings is 1. The fourth-order valence-electron chi connectivity index (χ4n) is 2.37. The lowest BCUT2D eigenvalue weighted by Crippen LogP contribution is -2.33. The number of fused-ring (bicyclic) bond motifs is 3. The van der Waals surface area contributed by atoms with E-state index in [-0.39, 0.29) is 5.69 Å². The van der Waals surface area contributed by atoms with E-state index in [1.165, 1.54) is 6.07 Å². The van der Waals surface area contributed by atoms with Crippen LogP contribution in [0.4, 0.5) is 19.0 Å². The average molecular weight is 326 g/mol. The fourth-order valence-corrected chi connectivity index (χ4v) is 2.37. The quantitative estimate of drug-likeness (QED) is 0.685. The molecule has 0 aromatic carbocycles. The lowest BCUT2D eigenvalue weighted by atomic mass is 10.2. The third-order valence-corrected chi connectivity index (χ3v) is 3.37. The van der Waals surface area contributed by atoms with Gasteiger partial charge in [0.25, 0.3) is 5.91 Å². The van der Waals surface area contributed by atoms with E-state index in [4.69, 9.17) is 0 Å². The summed E-state index contributed by atoms with van der Waals surface area (Å²) in [6.07, 6.45) is -2.86. The fraction of sp³-hybridized carbons (Fsp3) is 0.308. The topological polar surface area (TPSA) is 87.6 Å². The molecule has 23 heavy (non-hydrogen) atoms.